The van der Waals surface area contributed by atoms with Gasteiger partial charge in [0.25, 0.3) is 23.6 Å². The number of benzene rings is 2. The van der Waals surface area contributed by atoms with Crippen LogP contribution >= 0.6 is 67.8 Å². The van der Waals surface area contributed by atoms with Crippen LogP contribution in [0.1, 0.15) is 59.9 Å². The lowest BCUT2D eigenvalue weighted by Crippen LogP contribution is -2.54. The van der Waals surface area contributed by atoms with Gasteiger partial charge in [-0.25, -0.2) is 39.5 Å². The number of oxime groups is 4. The molecule has 8 amide bonds. The second kappa shape index (κ2) is 40.4. The molecule has 15 heterocycles. The van der Waals surface area contributed by atoms with Crippen molar-refractivity contribution in [1.29, 1.82) is 0 Å². The molecule has 2 aromatic carbocycles. The molecule has 10 aromatic rings. The smallest absolute Gasteiger partial charge is 0.323 e. The Hall–Kier alpha value is -13.9. The largest absolute Gasteiger partial charge is 0.505 e. The number of carbonyl (C=O) groups excluding carboxylic acids is 6. The van der Waals surface area contributed by atoms with Gasteiger partial charge < -0.3 is 99.1 Å². The number of amidine groups is 3. The van der Waals surface area contributed by atoms with Gasteiger partial charge in [-0.3, -0.25) is 49.7 Å². The highest BCUT2D eigenvalue weighted by Gasteiger charge is 2.54. The number of hydrogen-bond donors (Lipinski definition) is 9. The zero-order valence-corrected chi connectivity index (χ0v) is 73.5. The number of halogens is 3. The van der Waals surface area contributed by atoms with Gasteiger partial charge >= 0.3 is 12.1 Å². The number of aromatic hydroxyl groups is 1. The molecule has 7 aliphatic heterocycles. The quantitative estimate of drug-likeness (QED) is 0.00874. The van der Waals surface area contributed by atoms with E-state index in [1.165, 1.54) is 30.2 Å². The van der Waals surface area contributed by atoms with Crippen molar-refractivity contribution in [3.8, 4) is 41.1 Å². The van der Waals surface area contributed by atoms with Crippen LogP contribution < -0.4 is 54.9 Å². The number of imide groups is 2. The number of aromatic nitrogens is 10. The first-order valence-corrected chi connectivity index (χ1v) is 41.2. The van der Waals surface area contributed by atoms with Crippen LogP contribution in [0.3, 0.4) is 0 Å². The van der Waals surface area contributed by atoms with E-state index in [-0.39, 0.29) is 43.0 Å². The summed E-state index contributed by atoms with van der Waals surface area (Å²) in [5.41, 5.74) is 2.60. The van der Waals surface area contributed by atoms with E-state index in [1.54, 1.807) is 155 Å². The van der Waals surface area contributed by atoms with Gasteiger partial charge in [-0.05, 0) is 127 Å². The van der Waals surface area contributed by atoms with E-state index >= 15 is 0 Å². The molecule has 42 nitrogen and oxygen atoms in total. The van der Waals surface area contributed by atoms with Crippen molar-refractivity contribution in [3.63, 3.8) is 0 Å². The monoisotopic (exact) mass is 2040 g/mol. The van der Waals surface area contributed by atoms with E-state index in [9.17, 15) is 49.5 Å². The summed E-state index contributed by atoms with van der Waals surface area (Å²) in [6.07, 6.45) is 28.3. The van der Waals surface area contributed by atoms with Gasteiger partial charge in [-0.1, -0.05) is 38.7 Å². The molecule has 45 heteroatoms. The van der Waals surface area contributed by atoms with Gasteiger partial charge in [0.05, 0.1) is 66.3 Å². The Morgan fingerprint density at radius 3 is 1.36 bits per heavy atom. The number of anilines is 3. The number of nitrogens with zero attached hydrogens (tertiary/aromatic N) is 22. The van der Waals surface area contributed by atoms with Crippen LogP contribution in [0.4, 0.5) is 27.0 Å². The Labute approximate surface area is 753 Å². The van der Waals surface area contributed by atoms with Crippen molar-refractivity contribution in [2.45, 2.75) is 24.2 Å². The number of furan rings is 1. The van der Waals surface area contributed by atoms with Crippen molar-refractivity contribution < 1.29 is 78.1 Å². The lowest BCUT2D eigenvalue weighted by Gasteiger charge is -2.36. The third-order valence-corrected chi connectivity index (χ3v) is 23.1. The van der Waals surface area contributed by atoms with Crippen molar-refractivity contribution in [1.82, 2.24) is 95.6 Å². The molecule has 0 radical (unpaired) electrons. The summed E-state index contributed by atoms with van der Waals surface area (Å²) in [5.74, 6) is 6.79. The lowest BCUT2D eigenvalue weighted by molar-refractivity contribution is -0.125. The molecule has 0 saturated carbocycles. The minimum Gasteiger partial charge on any atom is -0.505 e. The van der Waals surface area contributed by atoms with Crippen molar-refractivity contribution >= 4 is 156 Å². The van der Waals surface area contributed by atoms with E-state index in [1.807, 2.05) is 43.4 Å². The van der Waals surface area contributed by atoms with E-state index in [2.05, 4.69) is 158 Å². The van der Waals surface area contributed by atoms with Crippen LogP contribution in [0.2, 0.25) is 0 Å². The SMILES string of the molecule is C#C[C@]1(CN2Cc3ccc(OC)cc3C2=O)NC(=O)NC1=O.COc1cc(/C(=N\O)N2CCN(c3cnccn3)CC2)cnc1I.COc1cc(/C=N\O)cnc1I.COc1ccc2c(c1)C(=O)N(C[C@@]1(c3cc4ncc(/C(=N\O)N5CCN(c6cnccn6)CC5)cc4o3)NC(=O)NC1=O)C2.O/N=C(\c1cnc(I)c(O)c1)N1CCN(c2cnccn2)CC1. The number of nitrogens with one attached hydrogen (secondary N) is 4. The zero-order chi connectivity index (χ0) is 88.5. The molecular weight excluding hydrogens is 1960 g/mol. The molecule has 7 aliphatic rings. The molecule has 0 bridgehead atoms. The molecular formula is C80H79I3N26O16. The van der Waals surface area contributed by atoms with E-state index in [0.29, 0.717) is 142 Å². The minimum atomic E-state index is -1.69. The molecule has 17 rings (SSSR count). The number of rotatable bonds is 16. The summed E-state index contributed by atoms with van der Waals surface area (Å²) in [6, 6.07) is 17.4. The number of methoxy groups -OCH3 is 4. The molecule has 2 atom stereocenters. The summed E-state index contributed by atoms with van der Waals surface area (Å²) in [7, 11) is 6.20. The predicted octanol–water partition coefficient (Wildman–Crippen LogP) is 5.22. The minimum absolute atomic E-state index is 0.0717. The van der Waals surface area contributed by atoms with Crippen LogP contribution in [0.25, 0.3) is 11.1 Å². The van der Waals surface area contributed by atoms with E-state index in [0.717, 1.165) is 67.7 Å². The molecule has 0 aliphatic carbocycles. The fourth-order valence-corrected chi connectivity index (χ4v) is 15.6. The number of ether oxygens (including phenoxy) is 4. The van der Waals surface area contributed by atoms with Crippen molar-refractivity contribution in [3.05, 3.63) is 209 Å². The van der Waals surface area contributed by atoms with E-state index in [4.69, 9.17) is 35.0 Å². The average Bonchev–Trinajstić information content (AvgIpc) is 1.59. The number of amides is 8. The number of piperazine rings is 3. The topological polar surface area (TPSA) is 506 Å². The number of urea groups is 2. The number of pyridine rings is 4. The summed E-state index contributed by atoms with van der Waals surface area (Å²) in [5, 5.41) is 69.7. The van der Waals surface area contributed by atoms with Gasteiger partial charge in [0.1, 0.15) is 57.1 Å². The zero-order valence-electron chi connectivity index (χ0n) is 67.0. The summed E-state index contributed by atoms with van der Waals surface area (Å²) in [6.45, 7) is 8.49. The molecule has 125 heavy (non-hydrogen) atoms. The van der Waals surface area contributed by atoms with Crippen molar-refractivity contribution in [2.75, 3.05) is 135 Å². The Kier molecular flexibility index (Phi) is 28.7. The highest BCUT2D eigenvalue weighted by atomic mass is 127. The number of hydrogen-bond acceptors (Lipinski definition) is 33. The maximum Gasteiger partial charge on any atom is 0.323 e. The molecule has 8 aromatic heterocycles. The standard InChI is InChI=1S/C29H27N9O6.C15H17IN6O2.C15H13N3O4.C14H15IN6O2.C7H7IN2O2/c1-43-19-3-2-17-15-38(26(39)20(17)11-19)16-29(27(40)33-28(41)34-29)23-12-21-22(44-23)10-18(13-32-21)25(35-42)37-8-6-36(7-9-37)24-14-30-4-5-31-24;1-24-12-8-11(9-19-14(12)16)15(20-23)22-6-4-21(5-7-22)13-10-17-2-3-18-13;1-3-15(13(20)16-14(21)17-15)8-18-7-9-4-5-10(22-2)6-11(9)12(18)19;15-13-11(22)7-10(8-18-13)14(19-23)21-5-3-20(4-6-21)12-9-16-1-2-17-12;1-12-6-2-5(4-10-11)3-9-7(6)8/h2-5,10-14,42H,6-9,15-16H2,1H3,(H2,33,34,40,41);2-3,8-10,23H,4-7H2,1H3;1,4-6H,7-8H2,2H3,(H2,16,17,20,21);1-2,7-9,22-23H,3-6H2;2-4,11H,1H3/b35-25+;20-15+;;19-14+;10-4-/t29-;;15-;;/m0.1../s1. The normalized spacial score (nSPS) is 18.0. The molecule has 646 valence electrons. The Balaban J connectivity index is 0.000000143. The van der Waals surface area contributed by atoms with Gasteiger partial charge in [0, 0.05) is 193 Å². The molecule has 5 fully saturated rings. The summed E-state index contributed by atoms with van der Waals surface area (Å²) >= 11 is 6.11. The molecule has 0 unspecified atom stereocenters. The fourth-order valence-electron chi connectivity index (χ4n) is 14.3. The van der Waals surface area contributed by atoms with Gasteiger partial charge in [0.2, 0.25) is 0 Å². The van der Waals surface area contributed by atoms with E-state index < -0.39 is 35.0 Å². The average molecular weight is 2040 g/mol. The molecule has 5 saturated heterocycles. The predicted molar refractivity (Wildman–Crippen MR) is 474 cm³/mol. The van der Waals surface area contributed by atoms with Crippen LogP contribution in [-0.2, 0) is 28.2 Å². The van der Waals surface area contributed by atoms with Crippen LogP contribution in [0.15, 0.2) is 172 Å². The van der Waals surface area contributed by atoms with Crippen LogP contribution in [0.5, 0.6) is 28.7 Å². The van der Waals surface area contributed by atoms with Gasteiger partial charge in [0.15, 0.2) is 45.7 Å². The Morgan fingerprint density at radius 1 is 0.504 bits per heavy atom. The highest BCUT2D eigenvalue weighted by Crippen LogP contribution is 2.37. The Morgan fingerprint density at radius 2 is 0.944 bits per heavy atom. The first-order valence-electron chi connectivity index (χ1n) is 38.0. The third kappa shape index (κ3) is 20.2. The second-order valence-corrected chi connectivity index (χ2v) is 31.1. The summed E-state index contributed by atoms with van der Waals surface area (Å²) in [4.78, 5) is 132. The Bertz CT molecular complexity index is 5800. The van der Waals surface area contributed by atoms with Gasteiger partial charge in [-0.15, -0.1) is 6.42 Å². The first kappa shape index (κ1) is 88.8. The number of terminal acetylenes is 1. The van der Waals surface area contributed by atoms with Crippen molar-refractivity contribution in [2.24, 2.45) is 20.6 Å². The second-order valence-electron chi connectivity index (χ2n) is 28.0. The highest BCUT2D eigenvalue weighted by molar-refractivity contribution is 14.1. The van der Waals surface area contributed by atoms with Crippen LogP contribution in [0, 0.1) is 23.4 Å². The molecule has 9 N–H and O–H groups in total. The maximum absolute atomic E-state index is 13.3. The fraction of sp³-hybridized carbons (Fsp3) is 0.275. The van der Waals surface area contributed by atoms with Gasteiger partial charge in [-0.2, -0.15) is 0 Å². The number of carbonyl (C=O) groups is 6. The summed E-state index contributed by atoms with van der Waals surface area (Å²) < 4.78 is 28.9. The lowest BCUT2D eigenvalue weighted by atomic mass is 9.95. The number of fused-ring (bicyclic) bond motifs is 3. The first-order chi connectivity index (χ1) is 60.5. The molecule has 0 spiro atoms. The van der Waals surface area contributed by atoms with Crippen LogP contribution in [-0.4, -0.2) is 285 Å². The maximum atomic E-state index is 13.3. The third-order valence-electron chi connectivity index (χ3n) is 20.7.